The summed E-state index contributed by atoms with van der Waals surface area (Å²) in [4.78, 5) is 4.67. The van der Waals surface area contributed by atoms with Gasteiger partial charge in [0.2, 0.25) is 0 Å². The van der Waals surface area contributed by atoms with Crippen LogP contribution < -0.4 is 10.5 Å². The molecule has 0 spiro atoms. The minimum atomic E-state index is -0.480. The van der Waals surface area contributed by atoms with Gasteiger partial charge in [-0.1, -0.05) is 32.9 Å². The highest BCUT2D eigenvalue weighted by Gasteiger charge is 2.37. The summed E-state index contributed by atoms with van der Waals surface area (Å²) < 4.78 is 12.1. The van der Waals surface area contributed by atoms with Gasteiger partial charge in [-0.25, -0.2) is 4.99 Å². The van der Waals surface area contributed by atoms with Crippen LogP contribution in [-0.2, 0) is 6.42 Å². The van der Waals surface area contributed by atoms with Gasteiger partial charge in [0, 0.05) is 35.8 Å². The molecule has 3 aliphatic rings. The van der Waals surface area contributed by atoms with Gasteiger partial charge in [0.05, 0.1) is 10.3 Å². The normalized spacial score (nSPS) is 29.1. The van der Waals surface area contributed by atoms with Crippen molar-refractivity contribution in [1.82, 2.24) is 4.57 Å². The van der Waals surface area contributed by atoms with Crippen LogP contribution in [0.3, 0.4) is 0 Å². The maximum atomic E-state index is 10.7. The van der Waals surface area contributed by atoms with Crippen molar-refractivity contribution >= 4 is 34.3 Å². The fraction of sp³-hybridized carbons (Fsp3) is 0.429. The highest BCUT2D eigenvalue weighted by molar-refractivity contribution is 14.2. The van der Waals surface area contributed by atoms with Crippen molar-refractivity contribution in [3.8, 4) is 5.75 Å². The molecule has 2 aliphatic carbocycles. The van der Waals surface area contributed by atoms with Gasteiger partial charge < -0.3 is 20.1 Å². The van der Waals surface area contributed by atoms with Crippen molar-refractivity contribution < 1.29 is 9.84 Å². The molecule has 1 aromatic heterocycles. The lowest BCUT2D eigenvalue weighted by atomic mass is 10.1. The summed E-state index contributed by atoms with van der Waals surface area (Å²) in [7, 11) is 0. The van der Waals surface area contributed by atoms with Gasteiger partial charge in [0.1, 0.15) is 17.7 Å². The van der Waals surface area contributed by atoms with Crippen LogP contribution in [-0.4, -0.2) is 29.6 Å². The number of aliphatic imine (C=N–C) groups is 1. The Morgan fingerprint density at radius 3 is 3.07 bits per heavy atom. The molecule has 5 nitrogen and oxygen atoms in total. The molecule has 6 heteroatoms. The van der Waals surface area contributed by atoms with Gasteiger partial charge in [-0.2, -0.15) is 0 Å². The van der Waals surface area contributed by atoms with E-state index < -0.39 is 6.10 Å². The topological polar surface area (TPSA) is 72.8 Å². The average Bonchev–Trinajstić information content (AvgIpc) is 3.34. The van der Waals surface area contributed by atoms with E-state index in [-0.39, 0.29) is 38.9 Å². The molecule has 3 N–H and O–H groups in total. The zero-order valence-corrected chi connectivity index (χ0v) is 17.5. The Morgan fingerprint density at radius 2 is 2.19 bits per heavy atom. The number of hydrogen-bond donors (Lipinski definition) is 2. The largest absolute Gasteiger partial charge is 0.487 e. The number of aromatic nitrogens is 1. The number of fused-ring (bicyclic) bond motifs is 2. The van der Waals surface area contributed by atoms with Gasteiger partial charge in [0.25, 0.3) is 0 Å². The van der Waals surface area contributed by atoms with Crippen molar-refractivity contribution in [3.05, 3.63) is 47.2 Å². The summed E-state index contributed by atoms with van der Waals surface area (Å²) in [5.74, 6) is 1.89. The Hall–Kier alpha value is -1.51. The van der Waals surface area contributed by atoms with E-state index in [9.17, 15) is 5.11 Å². The van der Waals surface area contributed by atoms with E-state index in [1.807, 2.05) is 12.1 Å². The molecule has 2 heterocycles. The average molecular weight is 477 g/mol. The minimum absolute atomic E-state index is 0.0400. The Kier molecular flexibility index (Phi) is 4.44. The number of hydrogen-bond acceptors (Lipinski definition) is 4. The Morgan fingerprint density at radius 1 is 1.30 bits per heavy atom. The molecule has 27 heavy (non-hydrogen) atoms. The molecule has 2 aromatic rings. The maximum absolute atomic E-state index is 10.7. The summed E-state index contributed by atoms with van der Waals surface area (Å²) >= 11 is -0.0708. The molecule has 142 valence electrons. The van der Waals surface area contributed by atoms with Gasteiger partial charge in [0.15, 0.2) is 0 Å². The number of aliphatic hydroxyl groups excluding tert-OH is 1. The molecule has 0 saturated heterocycles. The van der Waals surface area contributed by atoms with Gasteiger partial charge in [-0.3, -0.25) is 0 Å². The molecule has 1 fully saturated rings. The number of halogens is 1. The summed E-state index contributed by atoms with van der Waals surface area (Å²) in [6, 6.07) is 8.58. The number of ether oxygens (including phenoxy) is 1. The predicted octanol–water partition coefficient (Wildman–Crippen LogP) is 3.76. The smallest absolute Gasteiger partial charge is 0.141 e. The number of nitrogens with two attached hydrogens (primary N) is 1. The monoisotopic (exact) mass is 477 g/mol. The van der Waals surface area contributed by atoms with Crippen LogP contribution >= 0.6 is 20.7 Å². The van der Waals surface area contributed by atoms with Crippen molar-refractivity contribution in [1.29, 1.82) is 0 Å². The first-order chi connectivity index (χ1) is 13.1. The summed E-state index contributed by atoms with van der Waals surface area (Å²) in [6.07, 6.45) is 4.88. The molecule has 0 bridgehead atoms. The van der Waals surface area contributed by atoms with Crippen LogP contribution in [0.5, 0.6) is 5.75 Å². The number of nitrogens with zero attached hydrogens (tertiary/aromatic N) is 2. The van der Waals surface area contributed by atoms with Crippen molar-refractivity contribution in [2.24, 2.45) is 10.7 Å². The third kappa shape index (κ3) is 2.98. The fourth-order valence-electron chi connectivity index (χ4n) is 4.60. The quantitative estimate of drug-likeness (QED) is 0.662. The zero-order chi connectivity index (χ0) is 18.5. The van der Waals surface area contributed by atoms with E-state index in [0.29, 0.717) is 6.42 Å². The van der Waals surface area contributed by atoms with E-state index in [1.54, 1.807) is 0 Å². The second-order valence-electron chi connectivity index (χ2n) is 7.65. The first kappa shape index (κ1) is 17.6. The molecule has 5 rings (SSSR count). The van der Waals surface area contributed by atoms with Gasteiger partial charge in [-0.15, -0.1) is 0 Å². The van der Waals surface area contributed by atoms with Crippen molar-refractivity contribution in [3.63, 3.8) is 0 Å². The molecular formula is C21H24IN3O2. The number of rotatable bonds is 3. The number of aryl methyl sites for hydroxylation is 1. The van der Waals surface area contributed by atoms with Crippen LogP contribution in [0.25, 0.3) is 0 Å². The second kappa shape index (κ2) is 6.83. The zero-order valence-electron chi connectivity index (χ0n) is 15.3. The van der Waals surface area contributed by atoms with Crippen molar-refractivity contribution in [2.45, 2.75) is 56.9 Å². The molecule has 1 aliphatic heterocycles. The van der Waals surface area contributed by atoms with Gasteiger partial charge >= 0.3 is 0 Å². The lowest BCUT2D eigenvalue weighted by Gasteiger charge is -2.21. The predicted molar refractivity (Wildman–Crippen MR) is 117 cm³/mol. The number of aliphatic hydroxyl groups is 1. The highest BCUT2D eigenvalue weighted by atomic mass is 127. The second-order valence-corrected chi connectivity index (χ2v) is 10.5. The first-order valence-corrected chi connectivity index (χ1v) is 11.9. The molecule has 2 unspecified atom stereocenters. The van der Waals surface area contributed by atoms with Crippen LogP contribution in [0, 0.1) is 0 Å². The molecule has 0 radical (unpaired) electrons. The van der Waals surface area contributed by atoms with E-state index in [2.05, 4.69) is 39.0 Å². The SMILES string of the molecule is CC1=IC=Nc2c1ccn2C1CC(Oc2cccc3c2[C@@H](N)CC3)[C@@H](O)C1. The van der Waals surface area contributed by atoms with Gasteiger partial charge in [-0.05, 0) is 47.4 Å². The molecule has 4 atom stereocenters. The summed E-state index contributed by atoms with van der Waals surface area (Å²) in [5.41, 5.74) is 9.98. The molecule has 0 amide bonds. The van der Waals surface area contributed by atoms with E-state index >= 15 is 0 Å². The third-order valence-electron chi connectivity index (χ3n) is 6.01. The minimum Gasteiger partial charge on any atom is -0.487 e. The van der Waals surface area contributed by atoms with Crippen molar-refractivity contribution in [2.75, 3.05) is 0 Å². The first-order valence-electron chi connectivity index (χ1n) is 9.54. The van der Waals surface area contributed by atoms with Crippen LogP contribution in [0.1, 0.15) is 55.0 Å². The van der Waals surface area contributed by atoms with E-state index in [4.69, 9.17) is 10.5 Å². The van der Waals surface area contributed by atoms with Crippen LogP contribution in [0.4, 0.5) is 5.82 Å². The lowest BCUT2D eigenvalue weighted by molar-refractivity contribution is 0.0596. The number of benzene rings is 1. The van der Waals surface area contributed by atoms with E-state index in [1.165, 1.54) is 14.6 Å². The Labute approximate surface area is 169 Å². The third-order valence-corrected chi connectivity index (χ3v) is 8.09. The maximum Gasteiger partial charge on any atom is 0.141 e. The lowest BCUT2D eigenvalue weighted by Crippen LogP contribution is -2.26. The summed E-state index contributed by atoms with van der Waals surface area (Å²) in [6.45, 7) is 2.20. The molecule has 1 saturated carbocycles. The Bertz CT molecular complexity index is 949. The fourth-order valence-corrected chi connectivity index (χ4v) is 6.17. The molecule has 1 aromatic carbocycles. The van der Waals surface area contributed by atoms with E-state index in [0.717, 1.165) is 36.4 Å². The molecular weight excluding hydrogens is 453 g/mol. The standard InChI is InChI=1S/C21H24IN3O2/c1-12-15-7-8-25(21(15)24-11-22-12)14-9-17(26)19(10-14)27-18-4-2-3-13-5-6-16(23)20(13)18/h2-4,7-8,11,14,16-17,19,26H,5-6,9-10,23H2,1H3/t14?,16-,17-,19?/m0/s1. The Balaban J connectivity index is 1.38. The van der Waals surface area contributed by atoms with Crippen LogP contribution in [0.2, 0.25) is 0 Å². The highest BCUT2D eigenvalue weighted by Crippen LogP contribution is 2.41. The summed E-state index contributed by atoms with van der Waals surface area (Å²) in [5, 5.41) is 10.7. The van der Waals surface area contributed by atoms with Crippen LogP contribution in [0.15, 0.2) is 35.5 Å².